The molecular formula is C6H8BrNOZn. The van der Waals surface area contributed by atoms with Crippen LogP contribution in [-0.4, -0.2) is 17.2 Å². The first-order valence-corrected chi connectivity index (χ1v) is 9.43. The van der Waals surface area contributed by atoms with Gasteiger partial charge in [0, 0.05) is 7.11 Å². The Morgan fingerprint density at radius 1 is 1.40 bits per heavy atom. The van der Waals surface area contributed by atoms with Crippen molar-refractivity contribution in [3.8, 4) is 0 Å². The molecule has 1 N–H and O–H groups in total. The maximum absolute atomic E-state index is 7.00. The summed E-state index contributed by atoms with van der Waals surface area (Å²) in [4.78, 5) is 3.66. The van der Waals surface area contributed by atoms with Crippen LogP contribution in [0.1, 0.15) is 0 Å². The SMILES string of the molecule is CO.[Zn+][Br].[c-]1ccccn1. The van der Waals surface area contributed by atoms with Crippen LogP contribution in [0.25, 0.3) is 0 Å². The third-order valence-electron chi connectivity index (χ3n) is 0.517. The van der Waals surface area contributed by atoms with E-state index in [0.29, 0.717) is 0 Å². The summed E-state index contributed by atoms with van der Waals surface area (Å²) in [5, 5.41) is 7.00. The molecule has 0 fully saturated rings. The van der Waals surface area contributed by atoms with E-state index in [0.717, 1.165) is 7.11 Å². The summed E-state index contributed by atoms with van der Waals surface area (Å²) in [7, 11) is 1.00. The van der Waals surface area contributed by atoms with E-state index < -0.39 is 0 Å². The molecule has 0 saturated carbocycles. The van der Waals surface area contributed by atoms with Crippen molar-refractivity contribution in [1.29, 1.82) is 0 Å². The van der Waals surface area contributed by atoms with E-state index in [4.69, 9.17) is 5.11 Å². The summed E-state index contributed by atoms with van der Waals surface area (Å²) in [6.45, 7) is 0. The topological polar surface area (TPSA) is 33.1 Å². The maximum Gasteiger partial charge on any atom is -0.0813 e. The Morgan fingerprint density at radius 2 is 2.00 bits per heavy atom. The van der Waals surface area contributed by atoms with Crippen LogP contribution in [0.4, 0.5) is 0 Å². The van der Waals surface area contributed by atoms with Gasteiger partial charge in [0.1, 0.15) is 0 Å². The fourth-order valence-corrected chi connectivity index (χ4v) is 0.277. The molecular weight excluding hydrogens is 247 g/mol. The van der Waals surface area contributed by atoms with Crippen molar-refractivity contribution in [2.45, 2.75) is 0 Å². The molecule has 0 bridgehead atoms. The van der Waals surface area contributed by atoms with Crippen LogP contribution < -0.4 is 0 Å². The fraction of sp³-hybridized carbons (Fsp3) is 0.167. The van der Waals surface area contributed by atoms with Crippen LogP contribution >= 0.6 is 13.6 Å². The molecule has 1 rings (SSSR count). The van der Waals surface area contributed by atoms with Crippen LogP contribution in [-0.2, 0) is 16.3 Å². The third-order valence-corrected chi connectivity index (χ3v) is 0.517. The zero-order valence-electron chi connectivity index (χ0n) is 5.79. The minimum atomic E-state index is 1.00. The van der Waals surface area contributed by atoms with Gasteiger partial charge in [0.05, 0.1) is 0 Å². The van der Waals surface area contributed by atoms with Crippen LogP contribution in [0, 0.1) is 6.20 Å². The molecule has 0 atom stereocenters. The zero-order valence-corrected chi connectivity index (χ0v) is 10.3. The molecule has 1 aromatic rings. The van der Waals surface area contributed by atoms with Crippen LogP contribution in [0.5, 0.6) is 0 Å². The second kappa shape index (κ2) is 16.1. The van der Waals surface area contributed by atoms with Gasteiger partial charge in [0.2, 0.25) is 0 Å². The van der Waals surface area contributed by atoms with E-state index in [1.807, 2.05) is 12.1 Å². The van der Waals surface area contributed by atoms with Crippen LogP contribution in [0.15, 0.2) is 24.4 Å². The third kappa shape index (κ3) is 11.1. The summed E-state index contributed by atoms with van der Waals surface area (Å²) >= 11 is 4.25. The summed E-state index contributed by atoms with van der Waals surface area (Å²) in [5.41, 5.74) is 0. The van der Waals surface area contributed by atoms with Crippen molar-refractivity contribution in [3.05, 3.63) is 30.6 Å². The summed E-state index contributed by atoms with van der Waals surface area (Å²) in [5.74, 6) is 0. The molecule has 0 aliphatic carbocycles. The van der Waals surface area contributed by atoms with Crippen LogP contribution in [0.2, 0.25) is 0 Å². The van der Waals surface area contributed by atoms with Gasteiger partial charge in [-0.1, -0.05) is 12.4 Å². The quantitative estimate of drug-likeness (QED) is 0.560. The van der Waals surface area contributed by atoms with E-state index in [9.17, 15) is 0 Å². The van der Waals surface area contributed by atoms with Gasteiger partial charge in [-0.05, 0) is 0 Å². The molecule has 0 radical (unpaired) electrons. The number of nitrogens with zero attached hydrogens (tertiary/aromatic N) is 1. The number of hydrogen-bond acceptors (Lipinski definition) is 2. The number of aromatic nitrogens is 1. The Kier molecular flexibility index (Phi) is 20.7. The molecule has 0 aliphatic rings. The van der Waals surface area contributed by atoms with Gasteiger partial charge < -0.3 is 10.1 Å². The Labute approximate surface area is 77.7 Å². The van der Waals surface area contributed by atoms with E-state index in [1.165, 1.54) is 16.3 Å². The first-order chi connectivity index (χ1) is 5.00. The Hall–Kier alpha value is 0.213. The number of pyridine rings is 1. The normalized spacial score (nSPS) is 6.10. The van der Waals surface area contributed by atoms with Crippen molar-refractivity contribution in [2.75, 3.05) is 7.11 Å². The number of aliphatic hydroxyl groups is 1. The standard InChI is InChI=1S/C5H4N.CH4O.BrH.Zn/c1-2-4-6-5-3-1;1-2;;/h1-4H;2H,1H3;1H;/q-1;;;+2/p-1. The Balaban J connectivity index is 0. The second-order valence-electron chi connectivity index (χ2n) is 0.959. The molecule has 10 heavy (non-hydrogen) atoms. The average Bonchev–Trinajstić information content (AvgIpc) is 2.14. The van der Waals surface area contributed by atoms with Gasteiger partial charge in [-0.25, -0.2) is 0 Å². The van der Waals surface area contributed by atoms with Crippen molar-refractivity contribution in [1.82, 2.24) is 4.98 Å². The Bertz CT molecular complexity index is 89.7. The predicted octanol–water partition coefficient (Wildman–Crippen LogP) is 1.33. The molecule has 4 heteroatoms. The summed E-state index contributed by atoms with van der Waals surface area (Å²) in [6.07, 6.45) is 4.34. The van der Waals surface area contributed by atoms with Gasteiger partial charge >= 0.3 is 30.0 Å². The monoisotopic (exact) mass is 253 g/mol. The number of halogens is 1. The number of hydrogen-bond donors (Lipinski definition) is 1. The Morgan fingerprint density at radius 3 is 2.10 bits per heavy atom. The van der Waals surface area contributed by atoms with Gasteiger partial charge in [-0.3, -0.25) is 0 Å². The zero-order chi connectivity index (χ0) is 8.24. The molecule has 1 aromatic heterocycles. The van der Waals surface area contributed by atoms with Crippen LogP contribution in [0.3, 0.4) is 0 Å². The predicted molar refractivity (Wildman–Crippen MR) is 40.1 cm³/mol. The molecule has 0 unspecified atom stereocenters. The molecule has 1 heterocycles. The van der Waals surface area contributed by atoms with Crippen molar-refractivity contribution >= 4 is 13.6 Å². The first-order valence-electron chi connectivity index (χ1n) is 2.48. The van der Waals surface area contributed by atoms with Crippen molar-refractivity contribution in [3.63, 3.8) is 0 Å². The second-order valence-corrected chi connectivity index (χ2v) is 0.959. The van der Waals surface area contributed by atoms with Crippen molar-refractivity contribution < 1.29 is 21.4 Å². The van der Waals surface area contributed by atoms with E-state index in [-0.39, 0.29) is 0 Å². The molecule has 0 spiro atoms. The number of aliphatic hydroxyl groups excluding tert-OH is 1. The minimum Gasteiger partial charge on any atom is -0.394 e. The summed E-state index contributed by atoms with van der Waals surface area (Å²) in [6, 6.07) is 5.50. The molecule has 0 aliphatic heterocycles. The van der Waals surface area contributed by atoms with E-state index >= 15 is 0 Å². The maximum atomic E-state index is 7.00. The van der Waals surface area contributed by atoms with Gasteiger partial charge in [-0.2, -0.15) is 18.2 Å². The number of rotatable bonds is 0. The van der Waals surface area contributed by atoms with E-state index in [1.54, 1.807) is 12.3 Å². The largest absolute Gasteiger partial charge is 0.394 e. The van der Waals surface area contributed by atoms with Gasteiger partial charge in [-0.15, -0.1) is 0 Å². The van der Waals surface area contributed by atoms with Crippen molar-refractivity contribution in [2.24, 2.45) is 0 Å². The van der Waals surface area contributed by atoms with E-state index in [2.05, 4.69) is 24.8 Å². The van der Waals surface area contributed by atoms with Gasteiger partial charge in [0.25, 0.3) is 0 Å². The molecule has 0 saturated heterocycles. The molecule has 52 valence electrons. The van der Waals surface area contributed by atoms with Gasteiger partial charge in [0.15, 0.2) is 0 Å². The summed E-state index contributed by atoms with van der Waals surface area (Å²) < 4.78 is 0. The fourth-order valence-electron chi connectivity index (χ4n) is 0.277. The first kappa shape index (κ1) is 12.9. The molecule has 2 nitrogen and oxygen atoms in total. The minimum absolute atomic E-state index is 1.00. The smallest absolute Gasteiger partial charge is 0.0813 e. The molecule has 0 amide bonds. The molecule has 0 aromatic carbocycles. The average molecular weight is 255 g/mol.